The van der Waals surface area contributed by atoms with E-state index in [9.17, 15) is 4.79 Å². The Hall–Kier alpha value is -0.610. The molecule has 1 aliphatic heterocycles. The third-order valence-corrected chi connectivity index (χ3v) is 3.78. The zero-order chi connectivity index (χ0) is 10.8. The van der Waals surface area contributed by atoms with Crippen LogP contribution < -0.4 is 0 Å². The van der Waals surface area contributed by atoms with Crippen molar-refractivity contribution in [3.8, 4) is 0 Å². The monoisotopic (exact) mass is 213 g/mol. The Bertz CT molecular complexity index is 244. The number of rotatable bonds is 3. The van der Waals surface area contributed by atoms with E-state index in [0.29, 0.717) is 6.10 Å². The first-order valence-corrected chi connectivity index (χ1v) is 5.72. The summed E-state index contributed by atoms with van der Waals surface area (Å²) in [7, 11) is 1.73. The minimum Gasteiger partial charge on any atom is -0.481 e. The number of carboxylic acid groups (broad SMARTS) is 1. The number of likely N-dealkylation sites (tertiary alicyclic amines) is 1. The van der Waals surface area contributed by atoms with E-state index >= 15 is 0 Å². The second-order valence-corrected chi connectivity index (χ2v) is 4.58. The molecule has 0 radical (unpaired) electrons. The van der Waals surface area contributed by atoms with E-state index in [1.807, 2.05) is 0 Å². The number of aliphatic carboxylic acids is 1. The van der Waals surface area contributed by atoms with Crippen LogP contribution in [0.1, 0.15) is 25.7 Å². The van der Waals surface area contributed by atoms with E-state index in [4.69, 9.17) is 9.84 Å². The van der Waals surface area contributed by atoms with Gasteiger partial charge in [-0.15, -0.1) is 0 Å². The number of hydrogen-bond donors (Lipinski definition) is 1. The van der Waals surface area contributed by atoms with Crippen molar-refractivity contribution in [1.29, 1.82) is 0 Å². The quantitative estimate of drug-likeness (QED) is 0.758. The molecule has 2 aliphatic rings. The van der Waals surface area contributed by atoms with E-state index in [0.717, 1.165) is 38.8 Å². The van der Waals surface area contributed by atoms with Crippen molar-refractivity contribution < 1.29 is 14.6 Å². The Labute approximate surface area is 90.2 Å². The first kappa shape index (κ1) is 10.9. The Kier molecular flexibility index (Phi) is 3.26. The number of ether oxygens (including phenoxy) is 1. The molecule has 0 bridgehead atoms. The summed E-state index contributed by atoms with van der Waals surface area (Å²) in [5, 5.41) is 9.11. The van der Waals surface area contributed by atoms with Crippen LogP contribution in [0.3, 0.4) is 0 Å². The smallest absolute Gasteiger partial charge is 0.308 e. The number of nitrogens with zero attached hydrogens (tertiary/aromatic N) is 1. The number of hydrogen-bond acceptors (Lipinski definition) is 3. The van der Waals surface area contributed by atoms with Crippen molar-refractivity contribution in [2.24, 2.45) is 5.92 Å². The maximum Gasteiger partial charge on any atom is 0.308 e. The highest BCUT2D eigenvalue weighted by atomic mass is 16.5. The lowest BCUT2D eigenvalue weighted by Gasteiger charge is -2.27. The fourth-order valence-corrected chi connectivity index (χ4v) is 2.91. The summed E-state index contributed by atoms with van der Waals surface area (Å²) in [5.74, 6) is -0.779. The highest BCUT2D eigenvalue weighted by molar-refractivity contribution is 5.71. The third kappa shape index (κ3) is 2.16. The molecule has 0 aromatic carbocycles. The standard InChI is InChI=1S/C11H19NO3/c1-15-8-5-6-12(7-8)10-4-2-3-9(10)11(13)14/h8-10H,2-7H2,1H3,(H,13,14). The number of carboxylic acids is 1. The summed E-state index contributed by atoms with van der Waals surface area (Å²) in [6.07, 6.45) is 4.27. The maximum atomic E-state index is 11.1. The molecule has 4 heteroatoms. The largest absolute Gasteiger partial charge is 0.481 e. The lowest BCUT2D eigenvalue weighted by Crippen LogP contribution is -2.39. The van der Waals surface area contributed by atoms with Gasteiger partial charge in [-0.25, -0.2) is 0 Å². The first-order chi connectivity index (χ1) is 7.22. The molecule has 15 heavy (non-hydrogen) atoms. The SMILES string of the molecule is COC1CCN(C2CCCC2C(=O)O)C1. The van der Waals surface area contributed by atoms with Gasteiger partial charge in [0.25, 0.3) is 0 Å². The lowest BCUT2D eigenvalue weighted by atomic mass is 10.0. The third-order valence-electron chi connectivity index (χ3n) is 3.78. The average Bonchev–Trinajstić information content (AvgIpc) is 2.85. The van der Waals surface area contributed by atoms with Crippen molar-refractivity contribution in [2.75, 3.05) is 20.2 Å². The van der Waals surface area contributed by atoms with Crippen LogP contribution in [0.25, 0.3) is 0 Å². The summed E-state index contributed by atoms with van der Waals surface area (Å²) in [6, 6.07) is 0.252. The van der Waals surface area contributed by atoms with Crippen LogP contribution in [0.15, 0.2) is 0 Å². The van der Waals surface area contributed by atoms with Gasteiger partial charge in [0.1, 0.15) is 0 Å². The zero-order valence-corrected chi connectivity index (χ0v) is 9.19. The van der Waals surface area contributed by atoms with Crippen LogP contribution in [-0.4, -0.2) is 48.3 Å². The molecule has 1 aliphatic carbocycles. The fourth-order valence-electron chi connectivity index (χ4n) is 2.91. The molecule has 2 fully saturated rings. The van der Waals surface area contributed by atoms with Gasteiger partial charge in [-0.05, 0) is 19.3 Å². The molecule has 0 spiro atoms. The zero-order valence-electron chi connectivity index (χ0n) is 9.19. The Morgan fingerprint density at radius 1 is 1.40 bits per heavy atom. The van der Waals surface area contributed by atoms with Crippen molar-refractivity contribution in [2.45, 2.75) is 37.8 Å². The maximum absolute atomic E-state index is 11.1. The Balaban J connectivity index is 1.95. The van der Waals surface area contributed by atoms with Gasteiger partial charge in [0, 0.05) is 26.2 Å². The number of carbonyl (C=O) groups is 1. The van der Waals surface area contributed by atoms with Crippen molar-refractivity contribution >= 4 is 5.97 Å². The molecule has 1 saturated heterocycles. The Morgan fingerprint density at radius 3 is 2.80 bits per heavy atom. The van der Waals surface area contributed by atoms with Gasteiger partial charge in [0.2, 0.25) is 0 Å². The summed E-state index contributed by atoms with van der Waals surface area (Å²) < 4.78 is 5.31. The highest BCUT2D eigenvalue weighted by Crippen LogP contribution is 2.32. The molecule has 1 heterocycles. The van der Waals surface area contributed by atoms with Gasteiger partial charge >= 0.3 is 5.97 Å². The van der Waals surface area contributed by atoms with Gasteiger partial charge in [-0.2, -0.15) is 0 Å². The predicted octanol–water partition coefficient (Wildman–Crippen LogP) is 0.960. The minimum atomic E-state index is -0.627. The van der Waals surface area contributed by atoms with Crippen molar-refractivity contribution in [1.82, 2.24) is 4.90 Å². The van der Waals surface area contributed by atoms with Crippen LogP contribution >= 0.6 is 0 Å². The molecule has 1 N–H and O–H groups in total. The molecule has 2 rings (SSSR count). The molecule has 0 aromatic heterocycles. The Morgan fingerprint density at radius 2 is 2.20 bits per heavy atom. The van der Waals surface area contributed by atoms with Crippen molar-refractivity contribution in [3.05, 3.63) is 0 Å². The minimum absolute atomic E-state index is 0.152. The van der Waals surface area contributed by atoms with E-state index in [2.05, 4.69) is 4.90 Å². The molecule has 0 amide bonds. The fraction of sp³-hybridized carbons (Fsp3) is 0.909. The summed E-state index contributed by atoms with van der Waals surface area (Å²) >= 11 is 0. The second kappa shape index (κ2) is 4.49. The second-order valence-electron chi connectivity index (χ2n) is 4.58. The molecule has 4 nitrogen and oxygen atoms in total. The van der Waals surface area contributed by atoms with Crippen LogP contribution in [0.5, 0.6) is 0 Å². The highest BCUT2D eigenvalue weighted by Gasteiger charge is 2.39. The summed E-state index contributed by atoms with van der Waals surface area (Å²) in [6.45, 7) is 1.90. The van der Waals surface area contributed by atoms with Crippen molar-refractivity contribution in [3.63, 3.8) is 0 Å². The summed E-state index contributed by atoms with van der Waals surface area (Å²) in [5.41, 5.74) is 0. The van der Waals surface area contributed by atoms with Gasteiger partial charge < -0.3 is 9.84 Å². The number of methoxy groups -OCH3 is 1. The van der Waals surface area contributed by atoms with Gasteiger partial charge in [-0.3, -0.25) is 9.69 Å². The molecular formula is C11H19NO3. The van der Waals surface area contributed by atoms with E-state index in [-0.39, 0.29) is 12.0 Å². The van der Waals surface area contributed by atoms with E-state index in [1.54, 1.807) is 7.11 Å². The van der Waals surface area contributed by atoms with Crippen LogP contribution in [0, 0.1) is 5.92 Å². The van der Waals surface area contributed by atoms with Gasteiger partial charge in [0.05, 0.1) is 12.0 Å². The van der Waals surface area contributed by atoms with Crippen LogP contribution in [0.2, 0.25) is 0 Å². The molecule has 3 unspecified atom stereocenters. The molecular weight excluding hydrogens is 194 g/mol. The van der Waals surface area contributed by atoms with Gasteiger partial charge in [0.15, 0.2) is 0 Å². The van der Waals surface area contributed by atoms with Crippen LogP contribution in [-0.2, 0) is 9.53 Å². The van der Waals surface area contributed by atoms with E-state index < -0.39 is 5.97 Å². The van der Waals surface area contributed by atoms with Crippen LogP contribution in [0.4, 0.5) is 0 Å². The normalized spacial score (nSPS) is 37.3. The first-order valence-electron chi connectivity index (χ1n) is 5.72. The average molecular weight is 213 g/mol. The lowest BCUT2D eigenvalue weighted by molar-refractivity contribution is -0.143. The topological polar surface area (TPSA) is 49.8 Å². The van der Waals surface area contributed by atoms with Gasteiger partial charge in [-0.1, -0.05) is 6.42 Å². The summed E-state index contributed by atoms with van der Waals surface area (Å²) in [4.78, 5) is 13.4. The predicted molar refractivity (Wildman–Crippen MR) is 55.8 cm³/mol. The van der Waals surface area contributed by atoms with E-state index in [1.165, 1.54) is 0 Å². The molecule has 0 aromatic rings. The molecule has 3 atom stereocenters. The molecule has 86 valence electrons. The molecule has 1 saturated carbocycles.